The number of nitrogens with zero attached hydrogens (tertiary/aromatic N) is 1. The molecule has 0 aromatic rings. The second-order valence-electron chi connectivity index (χ2n) is 5.91. The topological polar surface area (TPSA) is 82.0 Å². The Labute approximate surface area is 161 Å². The maximum absolute atomic E-state index is 8.81. The van der Waals surface area contributed by atoms with Gasteiger partial charge in [-0.1, -0.05) is 38.3 Å². The Morgan fingerprint density at radius 2 is 1.27 bits per heavy atom. The van der Waals surface area contributed by atoms with Crippen molar-refractivity contribution in [2.45, 2.75) is 77.6 Å². The molecule has 0 aliphatic carbocycles. The number of allylic oxidation sites excluding steroid dienone is 2. The van der Waals surface area contributed by atoms with Crippen LogP contribution in [0.5, 0.6) is 0 Å². The molecule has 0 amide bonds. The largest absolute Gasteiger partial charge is 0.320 e. The molecule has 5 heteroatoms. The molecular weight excluding hydrogens is 326 g/mol. The van der Waals surface area contributed by atoms with Crippen molar-refractivity contribution in [3.05, 3.63) is 12.2 Å². The summed E-state index contributed by atoms with van der Waals surface area (Å²) in [5.41, 5.74) is 0. The fourth-order valence-corrected chi connectivity index (χ4v) is 1.97. The van der Waals surface area contributed by atoms with E-state index < -0.39 is 0 Å². The van der Waals surface area contributed by atoms with Crippen LogP contribution in [0.15, 0.2) is 12.2 Å². The van der Waals surface area contributed by atoms with Gasteiger partial charge in [0.15, 0.2) is 12.6 Å². The quantitative estimate of drug-likeness (QED) is 0.196. The van der Waals surface area contributed by atoms with Gasteiger partial charge >= 0.3 is 0 Å². The van der Waals surface area contributed by atoms with E-state index in [2.05, 4.69) is 35.8 Å². The third-order valence-electron chi connectivity index (χ3n) is 3.46. The average Bonchev–Trinajstić information content (AvgIpc) is 2.68. The maximum atomic E-state index is 8.81. The van der Waals surface area contributed by atoms with Crippen molar-refractivity contribution in [1.29, 1.82) is 5.26 Å². The molecule has 5 nitrogen and oxygen atoms in total. The highest BCUT2D eigenvalue weighted by molar-refractivity contribution is 6.09. The molecular formula is C21H41N3O2. The molecule has 152 valence electrons. The van der Waals surface area contributed by atoms with Crippen LogP contribution in [0.2, 0.25) is 0 Å². The Hall–Kier alpha value is -1.51. The van der Waals surface area contributed by atoms with Crippen molar-refractivity contribution in [3.63, 3.8) is 0 Å². The molecule has 0 aromatic carbocycles. The Morgan fingerprint density at radius 3 is 1.69 bits per heavy atom. The fraction of sp³-hybridized carbons (Fsp3) is 0.762. The molecule has 0 spiro atoms. The van der Waals surface area contributed by atoms with Crippen LogP contribution in [0.25, 0.3) is 0 Å². The molecule has 0 aromatic heterocycles. The maximum Gasteiger partial charge on any atom is 0.182 e. The van der Waals surface area contributed by atoms with Crippen LogP contribution in [-0.4, -0.2) is 39.8 Å². The van der Waals surface area contributed by atoms with Crippen LogP contribution in [0.1, 0.15) is 77.6 Å². The van der Waals surface area contributed by atoms with E-state index in [9.17, 15) is 0 Å². The van der Waals surface area contributed by atoms with Crippen molar-refractivity contribution >= 4 is 12.6 Å². The van der Waals surface area contributed by atoms with Crippen molar-refractivity contribution in [2.24, 2.45) is 0 Å². The number of carbonyl (C=O) groups is 2. The normalized spacial score (nSPS) is 9.46. The monoisotopic (exact) mass is 367 g/mol. The lowest BCUT2D eigenvalue weighted by molar-refractivity contribution is -0.122. The zero-order valence-corrected chi connectivity index (χ0v) is 17.3. The van der Waals surface area contributed by atoms with Crippen LogP contribution in [0.4, 0.5) is 0 Å². The third-order valence-corrected chi connectivity index (χ3v) is 3.46. The van der Waals surface area contributed by atoms with E-state index in [0.29, 0.717) is 0 Å². The molecule has 0 rings (SSSR count). The van der Waals surface area contributed by atoms with Gasteiger partial charge in [-0.2, -0.15) is 5.26 Å². The van der Waals surface area contributed by atoms with Gasteiger partial charge in [0.05, 0.1) is 6.07 Å². The summed E-state index contributed by atoms with van der Waals surface area (Å²) in [6.45, 7) is 4.49. The highest BCUT2D eigenvalue weighted by atomic mass is 16.2. The average molecular weight is 368 g/mol. The first-order valence-electron chi connectivity index (χ1n) is 9.95. The standard InChI is InChI=1S/C14H26N2.C5H13N.C2H2O2/c1-16-14-12-10-8-6-4-2-3-5-7-9-11-13-15;1-3-4-5-6-2;3-1-2-4/h4,6,16H,2-3,5,7-12,14H2,1H3;6H,3-5H2,1-2H3;1-2H/b6-4-;;. The number of nitrogens with one attached hydrogen (secondary N) is 2. The number of unbranched alkanes of at least 4 members (excludes halogenated alkanes) is 8. The van der Waals surface area contributed by atoms with E-state index in [1.165, 1.54) is 57.8 Å². The lowest BCUT2D eigenvalue weighted by Gasteiger charge is -1.97. The zero-order chi connectivity index (χ0) is 20.1. The summed E-state index contributed by atoms with van der Waals surface area (Å²) in [5.74, 6) is 0. The first-order valence-corrected chi connectivity index (χ1v) is 9.95. The third kappa shape index (κ3) is 43.3. The fourth-order valence-electron chi connectivity index (χ4n) is 1.97. The summed E-state index contributed by atoms with van der Waals surface area (Å²) < 4.78 is 0. The van der Waals surface area contributed by atoms with E-state index in [-0.39, 0.29) is 12.6 Å². The number of carbonyl (C=O) groups excluding carboxylic acids is 2. The minimum Gasteiger partial charge on any atom is -0.320 e. The van der Waals surface area contributed by atoms with Crippen molar-refractivity contribution < 1.29 is 9.59 Å². The highest BCUT2D eigenvalue weighted by Crippen LogP contribution is 2.06. The SMILES string of the molecule is CCCCNC.CNCCCC/C=C\CCCCCCC#N.O=CC=O. The van der Waals surface area contributed by atoms with Crippen LogP contribution in [-0.2, 0) is 9.59 Å². The smallest absolute Gasteiger partial charge is 0.182 e. The number of rotatable bonds is 15. The van der Waals surface area contributed by atoms with Crippen LogP contribution >= 0.6 is 0 Å². The molecule has 0 atom stereocenters. The second-order valence-corrected chi connectivity index (χ2v) is 5.91. The van der Waals surface area contributed by atoms with Gasteiger partial charge in [0, 0.05) is 6.42 Å². The van der Waals surface area contributed by atoms with Gasteiger partial charge in [0.25, 0.3) is 0 Å². The minimum absolute atomic E-state index is 0.194. The van der Waals surface area contributed by atoms with Gasteiger partial charge in [-0.3, -0.25) is 9.59 Å². The molecule has 2 N–H and O–H groups in total. The van der Waals surface area contributed by atoms with E-state index in [4.69, 9.17) is 14.9 Å². The van der Waals surface area contributed by atoms with Gasteiger partial charge < -0.3 is 10.6 Å². The summed E-state index contributed by atoms with van der Waals surface area (Å²) in [6.07, 6.45) is 18.1. The Balaban J connectivity index is -0.000000434. The summed E-state index contributed by atoms with van der Waals surface area (Å²) in [7, 11) is 3.98. The van der Waals surface area contributed by atoms with Crippen molar-refractivity contribution in [3.8, 4) is 6.07 Å². The van der Waals surface area contributed by atoms with E-state index in [1.807, 2.05) is 14.1 Å². The first kappa shape index (κ1) is 29.3. The summed E-state index contributed by atoms with van der Waals surface area (Å²) >= 11 is 0. The Morgan fingerprint density at radius 1 is 0.769 bits per heavy atom. The summed E-state index contributed by atoms with van der Waals surface area (Å²) in [5, 5.41) is 14.6. The number of hydrogen-bond donors (Lipinski definition) is 2. The van der Waals surface area contributed by atoms with E-state index in [1.54, 1.807) is 0 Å². The molecule has 0 radical (unpaired) electrons. The highest BCUT2D eigenvalue weighted by Gasteiger charge is 1.88. The predicted molar refractivity (Wildman–Crippen MR) is 111 cm³/mol. The van der Waals surface area contributed by atoms with Crippen LogP contribution < -0.4 is 10.6 Å². The molecule has 0 saturated carbocycles. The number of aldehydes is 2. The van der Waals surface area contributed by atoms with Crippen molar-refractivity contribution in [2.75, 3.05) is 27.2 Å². The lowest BCUT2D eigenvalue weighted by atomic mass is 10.1. The van der Waals surface area contributed by atoms with Gasteiger partial charge in [-0.15, -0.1) is 0 Å². The van der Waals surface area contributed by atoms with Crippen molar-refractivity contribution in [1.82, 2.24) is 10.6 Å². The van der Waals surface area contributed by atoms with Crippen LogP contribution in [0.3, 0.4) is 0 Å². The zero-order valence-electron chi connectivity index (χ0n) is 17.3. The van der Waals surface area contributed by atoms with E-state index >= 15 is 0 Å². The van der Waals surface area contributed by atoms with Gasteiger partial charge in [-0.25, -0.2) is 0 Å². The Kier molecular flexibility index (Phi) is 39.1. The first-order chi connectivity index (χ1) is 12.7. The van der Waals surface area contributed by atoms with Gasteiger partial charge in [0.1, 0.15) is 0 Å². The molecule has 0 saturated heterocycles. The van der Waals surface area contributed by atoms with E-state index in [0.717, 1.165) is 25.9 Å². The van der Waals surface area contributed by atoms with Crippen LogP contribution in [0, 0.1) is 11.3 Å². The van der Waals surface area contributed by atoms with Gasteiger partial charge in [-0.05, 0) is 72.1 Å². The molecule has 0 aliphatic rings. The molecule has 0 fully saturated rings. The van der Waals surface area contributed by atoms with Gasteiger partial charge in [0.2, 0.25) is 0 Å². The predicted octanol–water partition coefficient (Wildman–Crippen LogP) is 4.19. The molecule has 0 bridgehead atoms. The number of hydrogen-bond acceptors (Lipinski definition) is 5. The molecule has 26 heavy (non-hydrogen) atoms. The lowest BCUT2D eigenvalue weighted by Crippen LogP contribution is -2.06. The minimum atomic E-state index is 0.194. The molecule has 0 unspecified atom stereocenters. The molecule has 0 aliphatic heterocycles. The summed E-state index contributed by atoms with van der Waals surface area (Å²) in [4.78, 5) is 17.6. The summed E-state index contributed by atoms with van der Waals surface area (Å²) in [6, 6.07) is 2.18. The Bertz CT molecular complexity index is 316. The second kappa shape index (κ2) is 34.8. The number of nitriles is 1. The molecule has 0 heterocycles.